The minimum absolute atomic E-state index is 0.807. The fourth-order valence-corrected chi connectivity index (χ4v) is 8.18. The summed E-state index contributed by atoms with van der Waals surface area (Å²) in [4.78, 5) is 19.2. The van der Waals surface area contributed by atoms with Crippen LogP contribution in [-0.4, -0.2) is 29.1 Å². The standard InChI is InChI=1S/C50H32N6/c1-2-12-36(13-3-1)56-47-20-11-29-53-50(47)40-26-23-34(32-48(40)56)38-15-10-19-46-49(38)39-14-4-5-18-45(39)55(46)37-24-21-33(22-25-37)43-30-35(41-16-6-8-27-51-41)31-44(54-43)42-17-7-9-28-52-42/h1-32H. The van der Waals surface area contributed by atoms with E-state index in [9.17, 15) is 0 Å². The predicted octanol–water partition coefficient (Wildman–Crippen LogP) is 12.1. The van der Waals surface area contributed by atoms with Gasteiger partial charge in [-0.25, -0.2) is 4.98 Å². The smallest absolute Gasteiger partial charge is 0.0963 e. The van der Waals surface area contributed by atoms with E-state index in [1.54, 1.807) is 6.20 Å². The van der Waals surface area contributed by atoms with Crippen molar-refractivity contribution in [2.75, 3.05) is 0 Å². The Kier molecular flexibility index (Phi) is 7.38. The Labute approximate surface area is 322 Å². The van der Waals surface area contributed by atoms with Gasteiger partial charge in [-0.1, -0.05) is 78.9 Å². The van der Waals surface area contributed by atoms with E-state index in [4.69, 9.17) is 9.97 Å². The van der Waals surface area contributed by atoms with Crippen LogP contribution >= 0.6 is 0 Å². The second kappa shape index (κ2) is 13.0. The average Bonchev–Trinajstić information content (AvgIpc) is 3.80. The van der Waals surface area contributed by atoms with E-state index in [0.29, 0.717) is 0 Å². The van der Waals surface area contributed by atoms with E-state index in [1.807, 2.05) is 54.9 Å². The molecule has 6 aromatic heterocycles. The molecule has 11 rings (SSSR count). The lowest BCUT2D eigenvalue weighted by molar-refractivity contribution is 1.17. The van der Waals surface area contributed by atoms with Crippen molar-refractivity contribution < 1.29 is 0 Å². The third kappa shape index (κ3) is 5.19. The van der Waals surface area contributed by atoms with Gasteiger partial charge in [-0.15, -0.1) is 0 Å². The van der Waals surface area contributed by atoms with Crippen molar-refractivity contribution in [2.45, 2.75) is 0 Å². The van der Waals surface area contributed by atoms with Gasteiger partial charge in [0.15, 0.2) is 0 Å². The van der Waals surface area contributed by atoms with E-state index in [1.165, 1.54) is 16.3 Å². The molecular weight excluding hydrogens is 685 g/mol. The van der Waals surface area contributed by atoms with Crippen LogP contribution in [0.15, 0.2) is 195 Å². The van der Waals surface area contributed by atoms with Crippen molar-refractivity contribution in [1.82, 2.24) is 29.1 Å². The molecule has 0 aliphatic carbocycles. The molecule has 262 valence electrons. The first kappa shape index (κ1) is 31.8. The van der Waals surface area contributed by atoms with E-state index in [2.05, 4.69) is 153 Å². The summed E-state index contributed by atoms with van der Waals surface area (Å²) in [5.41, 5.74) is 15.5. The first-order chi connectivity index (χ1) is 27.8. The summed E-state index contributed by atoms with van der Waals surface area (Å²) in [7, 11) is 0. The molecule has 0 amide bonds. The van der Waals surface area contributed by atoms with Gasteiger partial charge in [0.25, 0.3) is 0 Å². The van der Waals surface area contributed by atoms with Crippen LogP contribution in [0.25, 0.3) is 100 Å². The van der Waals surface area contributed by atoms with E-state index >= 15 is 0 Å². The Bertz CT molecular complexity index is 3160. The summed E-state index contributed by atoms with van der Waals surface area (Å²) in [6.45, 7) is 0. The largest absolute Gasteiger partial charge is 0.309 e. The zero-order valence-corrected chi connectivity index (χ0v) is 30.2. The van der Waals surface area contributed by atoms with Crippen LogP contribution < -0.4 is 0 Å². The molecular formula is C50H32N6. The Balaban J connectivity index is 1.06. The lowest BCUT2D eigenvalue weighted by Gasteiger charge is -2.12. The van der Waals surface area contributed by atoms with Crippen molar-refractivity contribution >= 4 is 43.7 Å². The zero-order chi connectivity index (χ0) is 37.0. The summed E-state index contributed by atoms with van der Waals surface area (Å²) in [6.07, 6.45) is 5.50. The highest BCUT2D eigenvalue weighted by atomic mass is 15.0. The second-order valence-electron chi connectivity index (χ2n) is 13.9. The Hall–Kier alpha value is -7.70. The normalized spacial score (nSPS) is 11.6. The minimum Gasteiger partial charge on any atom is -0.309 e. The Morgan fingerprint density at radius 1 is 0.339 bits per heavy atom. The highest BCUT2D eigenvalue weighted by Crippen LogP contribution is 2.41. The fraction of sp³-hybridized carbons (Fsp3) is 0. The summed E-state index contributed by atoms with van der Waals surface area (Å²) in [5, 5.41) is 3.56. The molecule has 0 aliphatic heterocycles. The van der Waals surface area contributed by atoms with E-state index in [-0.39, 0.29) is 0 Å². The number of rotatable bonds is 6. The lowest BCUT2D eigenvalue weighted by Crippen LogP contribution is -1.96. The molecule has 6 nitrogen and oxygen atoms in total. The average molecular weight is 717 g/mol. The third-order valence-electron chi connectivity index (χ3n) is 10.7. The minimum atomic E-state index is 0.807. The van der Waals surface area contributed by atoms with Gasteiger partial charge in [0.2, 0.25) is 0 Å². The molecule has 5 aromatic carbocycles. The van der Waals surface area contributed by atoms with Gasteiger partial charge in [0.05, 0.1) is 50.4 Å². The maximum atomic E-state index is 5.09. The summed E-state index contributed by atoms with van der Waals surface area (Å²) in [5.74, 6) is 0. The van der Waals surface area contributed by atoms with Gasteiger partial charge in [0.1, 0.15) is 0 Å². The molecule has 0 unspecified atom stereocenters. The quantitative estimate of drug-likeness (QED) is 0.172. The topological polar surface area (TPSA) is 61.4 Å². The van der Waals surface area contributed by atoms with Crippen LogP contribution in [0, 0.1) is 0 Å². The number of benzene rings is 5. The molecule has 0 spiro atoms. The van der Waals surface area contributed by atoms with E-state index in [0.717, 1.165) is 83.8 Å². The predicted molar refractivity (Wildman–Crippen MR) is 228 cm³/mol. The maximum Gasteiger partial charge on any atom is 0.0963 e. The summed E-state index contributed by atoms with van der Waals surface area (Å²) in [6, 6.07) is 61.6. The molecule has 6 heterocycles. The first-order valence-electron chi connectivity index (χ1n) is 18.7. The fourth-order valence-electron chi connectivity index (χ4n) is 8.18. The number of hydrogen-bond acceptors (Lipinski definition) is 4. The second-order valence-corrected chi connectivity index (χ2v) is 13.9. The SMILES string of the molecule is c1ccc(-n2c3cc(-c4cccc5c4c4ccccc4n5-c4ccc(-c5cc(-c6ccccn6)cc(-c6ccccn6)n5)cc4)ccc3c3ncccc32)cc1. The van der Waals surface area contributed by atoms with Gasteiger partial charge in [-0.2, -0.15) is 0 Å². The van der Waals surface area contributed by atoms with Crippen molar-refractivity contribution in [2.24, 2.45) is 0 Å². The van der Waals surface area contributed by atoms with Crippen LogP contribution in [0.2, 0.25) is 0 Å². The van der Waals surface area contributed by atoms with E-state index < -0.39 is 0 Å². The lowest BCUT2D eigenvalue weighted by atomic mass is 9.98. The van der Waals surface area contributed by atoms with Crippen LogP contribution in [0.4, 0.5) is 0 Å². The third-order valence-corrected chi connectivity index (χ3v) is 10.7. The first-order valence-corrected chi connectivity index (χ1v) is 18.7. The highest BCUT2D eigenvalue weighted by molar-refractivity contribution is 6.17. The van der Waals surface area contributed by atoms with Crippen molar-refractivity contribution in [3.8, 4) is 56.4 Å². The molecule has 0 saturated heterocycles. The zero-order valence-electron chi connectivity index (χ0n) is 30.2. The molecule has 0 saturated carbocycles. The molecule has 0 aliphatic rings. The number of para-hydroxylation sites is 2. The maximum absolute atomic E-state index is 5.09. The number of pyridine rings is 4. The van der Waals surface area contributed by atoms with Gasteiger partial charge >= 0.3 is 0 Å². The van der Waals surface area contributed by atoms with Crippen LogP contribution in [-0.2, 0) is 0 Å². The molecule has 0 N–H and O–H groups in total. The van der Waals surface area contributed by atoms with Gasteiger partial charge in [-0.3, -0.25) is 15.0 Å². The van der Waals surface area contributed by atoms with Gasteiger partial charge in [-0.05, 0) is 108 Å². The summed E-state index contributed by atoms with van der Waals surface area (Å²) < 4.78 is 4.70. The highest BCUT2D eigenvalue weighted by Gasteiger charge is 2.19. The molecule has 0 atom stereocenters. The van der Waals surface area contributed by atoms with Crippen LogP contribution in [0.3, 0.4) is 0 Å². The number of fused-ring (bicyclic) bond motifs is 6. The number of aromatic nitrogens is 6. The van der Waals surface area contributed by atoms with Crippen LogP contribution in [0.5, 0.6) is 0 Å². The molecule has 6 heteroatoms. The summed E-state index contributed by atoms with van der Waals surface area (Å²) >= 11 is 0. The van der Waals surface area contributed by atoms with Crippen molar-refractivity contribution in [3.05, 3.63) is 195 Å². The van der Waals surface area contributed by atoms with Gasteiger partial charge < -0.3 is 9.13 Å². The van der Waals surface area contributed by atoms with Crippen molar-refractivity contribution in [1.29, 1.82) is 0 Å². The number of nitrogens with zero attached hydrogens (tertiary/aromatic N) is 6. The molecule has 11 aromatic rings. The van der Waals surface area contributed by atoms with Gasteiger partial charge in [0, 0.05) is 57.3 Å². The molecule has 0 radical (unpaired) electrons. The number of hydrogen-bond donors (Lipinski definition) is 0. The molecule has 0 bridgehead atoms. The molecule has 56 heavy (non-hydrogen) atoms. The Morgan fingerprint density at radius 3 is 1.82 bits per heavy atom. The van der Waals surface area contributed by atoms with Crippen molar-refractivity contribution in [3.63, 3.8) is 0 Å². The Morgan fingerprint density at radius 2 is 1.00 bits per heavy atom. The molecule has 0 fully saturated rings. The van der Waals surface area contributed by atoms with Crippen LogP contribution in [0.1, 0.15) is 0 Å². The monoisotopic (exact) mass is 716 g/mol.